The third-order valence-corrected chi connectivity index (χ3v) is 4.38. The fraction of sp³-hybridized carbons (Fsp3) is 0.118. The number of halogens is 1. The van der Waals surface area contributed by atoms with Gasteiger partial charge >= 0.3 is 0 Å². The lowest BCUT2D eigenvalue weighted by molar-refractivity contribution is 0.481. The normalized spacial score (nSPS) is 11.5. The average molecular weight is 346 g/mol. The number of para-hydroxylation sites is 2. The Morgan fingerprint density at radius 3 is 2.83 bits per heavy atom. The van der Waals surface area contributed by atoms with Gasteiger partial charge in [-0.1, -0.05) is 12.1 Å². The number of nitrogens with zero attached hydrogens (tertiary/aromatic N) is 1. The third kappa shape index (κ3) is 3.03. The van der Waals surface area contributed by atoms with E-state index in [1.54, 1.807) is 11.3 Å². The van der Waals surface area contributed by atoms with Crippen LogP contribution in [0.4, 0.5) is 11.4 Å². The standard InChI is InChI=1S/C17H15N3OS.ClH/c1-18-9-17-20-14(10-22-17)11-6-7-16-13(8-11)19-12-4-2-3-5-15(12)21-16;/h2-8,10,18-19H,9H2,1H3;1H. The van der Waals surface area contributed by atoms with Crippen molar-refractivity contribution in [2.75, 3.05) is 12.4 Å². The van der Waals surface area contributed by atoms with Crippen molar-refractivity contribution in [3.05, 3.63) is 52.9 Å². The summed E-state index contributed by atoms with van der Waals surface area (Å²) in [6.45, 7) is 0.796. The van der Waals surface area contributed by atoms with Crippen LogP contribution in [0.5, 0.6) is 11.5 Å². The Morgan fingerprint density at radius 1 is 1.13 bits per heavy atom. The Morgan fingerprint density at radius 2 is 1.96 bits per heavy atom. The molecule has 0 spiro atoms. The lowest BCUT2D eigenvalue weighted by Gasteiger charge is -2.21. The van der Waals surface area contributed by atoms with Crippen LogP contribution >= 0.6 is 23.7 Å². The molecule has 6 heteroatoms. The van der Waals surface area contributed by atoms with Crippen LogP contribution in [0, 0.1) is 0 Å². The smallest absolute Gasteiger partial charge is 0.151 e. The Hall–Kier alpha value is -2.08. The molecule has 0 atom stereocenters. The van der Waals surface area contributed by atoms with E-state index in [9.17, 15) is 0 Å². The molecule has 118 valence electrons. The first-order valence-corrected chi connectivity index (χ1v) is 7.99. The second kappa shape index (κ2) is 6.58. The number of hydrogen-bond acceptors (Lipinski definition) is 5. The lowest BCUT2D eigenvalue weighted by Crippen LogP contribution is -2.04. The molecule has 4 rings (SSSR count). The Kier molecular flexibility index (Phi) is 4.52. The predicted molar refractivity (Wildman–Crippen MR) is 97.4 cm³/mol. The minimum Gasteiger partial charge on any atom is -0.453 e. The molecule has 0 bridgehead atoms. The van der Waals surface area contributed by atoms with Crippen LogP contribution in [0.15, 0.2) is 47.8 Å². The molecule has 2 aromatic carbocycles. The molecule has 0 fully saturated rings. The molecule has 23 heavy (non-hydrogen) atoms. The minimum absolute atomic E-state index is 0. The maximum Gasteiger partial charge on any atom is 0.151 e. The molecule has 0 unspecified atom stereocenters. The van der Waals surface area contributed by atoms with Crippen LogP contribution in [0.25, 0.3) is 11.3 Å². The van der Waals surface area contributed by atoms with Crippen LogP contribution in [0.1, 0.15) is 5.01 Å². The monoisotopic (exact) mass is 345 g/mol. The molecule has 0 radical (unpaired) electrons. The van der Waals surface area contributed by atoms with Crippen molar-refractivity contribution in [3.63, 3.8) is 0 Å². The topological polar surface area (TPSA) is 46.2 Å². The highest BCUT2D eigenvalue weighted by atomic mass is 35.5. The van der Waals surface area contributed by atoms with Gasteiger partial charge in [-0.05, 0) is 37.4 Å². The van der Waals surface area contributed by atoms with Gasteiger partial charge in [0.15, 0.2) is 11.5 Å². The van der Waals surface area contributed by atoms with E-state index in [0.717, 1.165) is 45.7 Å². The van der Waals surface area contributed by atoms with E-state index in [2.05, 4.69) is 27.1 Å². The van der Waals surface area contributed by atoms with Gasteiger partial charge in [-0.2, -0.15) is 0 Å². The summed E-state index contributed by atoms with van der Waals surface area (Å²) >= 11 is 1.67. The molecule has 2 N–H and O–H groups in total. The quantitative estimate of drug-likeness (QED) is 0.560. The van der Waals surface area contributed by atoms with Crippen molar-refractivity contribution in [2.45, 2.75) is 6.54 Å². The van der Waals surface area contributed by atoms with Gasteiger partial charge in [0.25, 0.3) is 0 Å². The summed E-state index contributed by atoms with van der Waals surface area (Å²) in [6, 6.07) is 14.1. The van der Waals surface area contributed by atoms with Crippen LogP contribution in [0.3, 0.4) is 0 Å². The maximum absolute atomic E-state index is 5.92. The van der Waals surface area contributed by atoms with Gasteiger partial charge in [-0.15, -0.1) is 23.7 Å². The van der Waals surface area contributed by atoms with Crippen LogP contribution in [-0.4, -0.2) is 12.0 Å². The number of rotatable bonds is 3. The molecule has 1 aromatic heterocycles. The van der Waals surface area contributed by atoms with E-state index < -0.39 is 0 Å². The lowest BCUT2D eigenvalue weighted by atomic mass is 10.1. The fourth-order valence-electron chi connectivity index (χ4n) is 2.47. The fourth-order valence-corrected chi connectivity index (χ4v) is 3.29. The van der Waals surface area contributed by atoms with Crippen LogP contribution < -0.4 is 15.4 Å². The zero-order valence-corrected chi connectivity index (χ0v) is 14.1. The molecule has 0 aliphatic carbocycles. The molecule has 4 nitrogen and oxygen atoms in total. The Balaban J connectivity index is 0.00000156. The van der Waals surface area contributed by atoms with Crippen molar-refractivity contribution in [2.24, 2.45) is 0 Å². The van der Waals surface area contributed by atoms with Crippen molar-refractivity contribution in [3.8, 4) is 22.8 Å². The van der Waals surface area contributed by atoms with Gasteiger partial charge in [0.1, 0.15) is 5.01 Å². The molecular weight excluding hydrogens is 330 g/mol. The summed E-state index contributed by atoms with van der Waals surface area (Å²) in [5.74, 6) is 1.70. The summed E-state index contributed by atoms with van der Waals surface area (Å²) < 4.78 is 5.92. The zero-order valence-electron chi connectivity index (χ0n) is 12.5. The molecule has 3 aromatic rings. The van der Waals surface area contributed by atoms with Crippen molar-refractivity contribution >= 4 is 35.1 Å². The molecule has 1 aliphatic rings. The highest BCUT2D eigenvalue weighted by Crippen LogP contribution is 2.43. The highest BCUT2D eigenvalue weighted by Gasteiger charge is 2.17. The molecule has 2 heterocycles. The van der Waals surface area contributed by atoms with Gasteiger partial charge in [0, 0.05) is 17.5 Å². The first kappa shape index (κ1) is 15.8. The predicted octanol–water partition coefficient (Wildman–Crippen LogP) is 4.80. The largest absolute Gasteiger partial charge is 0.453 e. The average Bonchev–Trinajstić information content (AvgIpc) is 3.01. The number of ether oxygens (including phenoxy) is 1. The SMILES string of the molecule is CNCc1nc(-c2ccc3c(c2)Nc2ccccc2O3)cs1.Cl. The van der Waals surface area contributed by atoms with Crippen molar-refractivity contribution in [1.29, 1.82) is 0 Å². The number of benzene rings is 2. The molecule has 0 amide bonds. The number of anilines is 2. The third-order valence-electron chi connectivity index (χ3n) is 3.53. The van der Waals surface area contributed by atoms with E-state index in [1.165, 1.54) is 0 Å². The van der Waals surface area contributed by atoms with Gasteiger partial charge < -0.3 is 15.4 Å². The van der Waals surface area contributed by atoms with Gasteiger partial charge in [0.05, 0.1) is 17.1 Å². The van der Waals surface area contributed by atoms with E-state index in [4.69, 9.17) is 4.74 Å². The molecule has 1 aliphatic heterocycles. The number of fused-ring (bicyclic) bond motifs is 2. The molecular formula is C17H16ClN3OS. The second-order valence-electron chi connectivity index (χ2n) is 5.09. The summed E-state index contributed by atoms with van der Waals surface area (Å²) in [5, 5.41) is 9.72. The first-order chi connectivity index (χ1) is 10.8. The summed E-state index contributed by atoms with van der Waals surface area (Å²) in [4.78, 5) is 4.65. The van der Waals surface area contributed by atoms with E-state index in [0.29, 0.717) is 0 Å². The zero-order chi connectivity index (χ0) is 14.9. The second-order valence-corrected chi connectivity index (χ2v) is 6.03. The number of hydrogen-bond donors (Lipinski definition) is 2. The number of nitrogens with one attached hydrogen (secondary N) is 2. The Labute approximate surface area is 144 Å². The summed E-state index contributed by atoms with van der Waals surface area (Å²) in [5.41, 5.74) is 4.05. The summed E-state index contributed by atoms with van der Waals surface area (Å²) in [6.07, 6.45) is 0. The van der Waals surface area contributed by atoms with Crippen molar-refractivity contribution in [1.82, 2.24) is 10.3 Å². The van der Waals surface area contributed by atoms with Gasteiger partial charge in [0.2, 0.25) is 0 Å². The van der Waals surface area contributed by atoms with Gasteiger partial charge in [-0.25, -0.2) is 4.98 Å². The number of thiazole rings is 1. The number of aromatic nitrogens is 1. The summed E-state index contributed by atoms with van der Waals surface area (Å²) in [7, 11) is 1.93. The first-order valence-electron chi connectivity index (χ1n) is 7.11. The highest BCUT2D eigenvalue weighted by molar-refractivity contribution is 7.09. The van der Waals surface area contributed by atoms with Gasteiger partial charge in [-0.3, -0.25) is 0 Å². The van der Waals surface area contributed by atoms with E-state index in [1.807, 2.05) is 43.4 Å². The minimum atomic E-state index is 0. The molecule has 0 saturated carbocycles. The van der Waals surface area contributed by atoms with Crippen molar-refractivity contribution < 1.29 is 4.74 Å². The molecule has 0 saturated heterocycles. The van der Waals surface area contributed by atoms with Crippen LogP contribution in [-0.2, 0) is 6.54 Å². The maximum atomic E-state index is 5.92. The Bertz CT molecular complexity index is 834. The van der Waals surface area contributed by atoms with Crippen LogP contribution in [0.2, 0.25) is 0 Å². The van der Waals surface area contributed by atoms with E-state index >= 15 is 0 Å². The van der Waals surface area contributed by atoms with E-state index in [-0.39, 0.29) is 12.4 Å².